The number of carbonyl (C=O) groups is 3. The van der Waals surface area contributed by atoms with Gasteiger partial charge in [-0.25, -0.2) is 18.4 Å². The van der Waals surface area contributed by atoms with E-state index < -0.39 is 66.6 Å². The summed E-state index contributed by atoms with van der Waals surface area (Å²) in [5.41, 5.74) is 1.01. The second kappa shape index (κ2) is 17.2. The lowest BCUT2D eigenvalue weighted by Gasteiger charge is -2.30. The molecule has 4 rings (SSSR count). The predicted molar refractivity (Wildman–Crippen MR) is 167 cm³/mol. The number of hydrogen-bond acceptors (Lipinski definition) is 8. The Kier molecular flexibility index (Phi) is 13.1. The second-order valence-electron chi connectivity index (χ2n) is 11.0. The van der Waals surface area contributed by atoms with Crippen molar-refractivity contribution in [2.75, 3.05) is 38.7 Å². The molecule has 49 heavy (non-hydrogen) atoms. The zero-order valence-electron chi connectivity index (χ0n) is 26.0. The van der Waals surface area contributed by atoms with Gasteiger partial charge in [-0.3, -0.25) is 9.78 Å². The van der Waals surface area contributed by atoms with Gasteiger partial charge in [0, 0.05) is 34.9 Å². The van der Waals surface area contributed by atoms with Crippen molar-refractivity contribution < 1.29 is 50.5 Å². The highest BCUT2D eigenvalue weighted by atomic mass is 35.5. The Balaban J connectivity index is 1.45. The molecular weight excluding hydrogens is 681 g/mol. The van der Waals surface area contributed by atoms with Crippen LogP contribution >= 0.6 is 11.6 Å². The molecule has 0 unspecified atom stereocenters. The van der Waals surface area contributed by atoms with Crippen LogP contribution in [0.4, 0.5) is 37.2 Å². The number of benzene rings is 2. The lowest BCUT2D eigenvalue weighted by molar-refractivity contribution is -0.124. The fourth-order valence-electron chi connectivity index (χ4n) is 5.14. The fourth-order valence-corrected chi connectivity index (χ4v) is 5.26. The van der Waals surface area contributed by atoms with E-state index in [0.717, 1.165) is 13.3 Å². The number of rotatable bonds is 12. The molecule has 4 N–H and O–H groups in total. The predicted octanol–water partition coefficient (Wildman–Crippen LogP) is 5.09. The van der Waals surface area contributed by atoms with Crippen molar-refractivity contribution in [1.82, 2.24) is 20.9 Å². The average Bonchev–Trinajstić information content (AvgIpc) is 3.06. The molecule has 0 radical (unpaired) electrons. The molecule has 17 heteroatoms. The number of morpholine rings is 1. The number of pyridine rings is 1. The minimum Gasteiger partial charge on any atom is -0.453 e. The number of alkyl halides is 3. The van der Waals surface area contributed by atoms with E-state index in [1.165, 1.54) is 30.5 Å². The minimum absolute atomic E-state index is 0.0694. The second-order valence-corrected chi connectivity index (χ2v) is 11.4. The summed E-state index contributed by atoms with van der Waals surface area (Å²) in [5, 5.41) is 10.3. The van der Waals surface area contributed by atoms with Crippen LogP contribution in [0.1, 0.15) is 29.0 Å². The first-order valence-corrected chi connectivity index (χ1v) is 15.3. The number of halogens is 6. The molecule has 1 saturated heterocycles. The third kappa shape index (κ3) is 11.3. The summed E-state index contributed by atoms with van der Waals surface area (Å²) >= 11 is 6.08. The third-order valence-corrected chi connectivity index (χ3v) is 7.75. The van der Waals surface area contributed by atoms with Gasteiger partial charge in [0.25, 0.3) is 0 Å². The number of amides is 3. The maximum absolute atomic E-state index is 15.2. The molecule has 2 aromatic carbocycles. The summed E-state index contributed by atoms with van der Waals surface area (Å²) in [5.74, 6) is -3.03. The number of ether oxygens (including phenoxy) is 3. The molecule has 3 aromatic rings. The number of aromatic nitrogens is 1. The van der Waals surface area contributed by atoms with Crippen molar-refractivity contribution in [3.63, 3.8) is 0 Å². The van der Waals surface area contributed by atoms with Gasteiger partial charge in [-0.2, -0.15) is 13.2 Å². The molecule has 0 bridgehead atoms. The lowest BCUT2D eigenvalue weighted by Crippen LogP contribution is -2.49. The quantitative estimate of drug-likeness (QED) is 0.191. The SMILES string of the molecule is COC(=O)N[C@H](C(=O)Nc1cccc(F)c1CC[C@@H]1CN[C@H](COC(=O)NCC(F)(F)F)CO1)[C@@H](c1ccc(Cl)cc1)c1cncc(F)c1. The van der Waals surface area contributed by atoms with Gasteiger partial charge in [-0.15, -0.1) is 0 Å². The van der Waals surface area contributed by atoms with Crippen LogP contribution in [0.15, 0.2) is 60.9 Å². The first-order valence-electron chi connectivity index (χ1n) is 14.9. The normalized spacial score (nSPS) is 17.4. The van der Waals surface area contributed by atoms with Crippen LogP contribution in [0.25, 0.3) is 0 Å². The summed E-state index contributed by atoms with van der Waals surface area (Å²) in [6, 6.07) is 9.79. The summed E-state index contributed by atoms with van der Waals surface area (Å²) in [7, 11) is 1.11. The summed E-state index contributed by atoms with van der Waals surface area (Å²) < 4.78 is 81.6. The standard InChI is InChI=1S/C32H33ClF5N5O6/c1-47-31(46)43-28(27(18-5-7-20(33)8-6-18)19-11-21(34)13-39-12-19)29(44)42-26-4-2-3-25(35)24(26)10-9-23-14-40-22(15-48-23)16-49-30(45)41-17-32(36,37)38/h2-8,11-13,22-23,27-28,40H,9-10,14-17H2,1H3,(H,41,45)(H,42,44)(H,43,46)/t22-,23+,27-,28-/m0/s1. The Bertz CT molecular complexity index is 1590. The van der Waals surface area contributed by atoms with Gasteiger partial charge in [0.2, 0.25) is 5.91 Å². The van der Waals surface area contributed by atoms with Crippen LogP contribution in [0, 0.1) is 11.6 Å². The van der Waals surface area contributed by atoms with Crippen LogP contribution in [-0.2, 0) is 25.4 Å². The highest BCUT2D eigenvalue weighted by molar-refractivity contribution is 6.30. The topological polar surface area (TPSA) is 140 Å². The first-order chi connectivity index (χ1) is 23.3. The highest BCUT2D eigenvalue weighted by Crippen LogP contribution is 2.31. The van der Waals surface area contributed by atoms with Crippen LogP contribution < -0.4 is 21.3 Å². The number of carbonyl (C=O) groups excluding carboxylic acids is 3. The number of anilines is 1. The maximum Gasteiger partial charge on any atom is 0.407 e. The molecule has 264 valence electrons. The van der Waals surface area contributed by atoms with E-state index in [-0.39, 0.29) is 43.0 Å². The Labute approximate surface area is 282 Å². The number of hydrogen-bond donors (Lipinski definition) is 4. The fraction of sp³-hybridized carbons (Fsp3) is 0.375. The van der Waals surface area contributed by atoms with Crippen LogP contribution in [0.2, 0.25) is 5.02 Å². The summed E-state index contributed by atoms with van der Waals surface area (Å²) in [6.45, 7) is -1.41. The van der Waals surface area contributed by atoms with E-state index >= 15 is 4.39 Å². The van der Waals surface area contributed by atoms with Gasteiger partial charge in [0.1, 0.15) is 30.8 Å². The summed E-state index contributed by atoms with van der Waals surface area (Å²) in [6.07, 6.45) is -4.40. The number of alkyl carbamates (subject to hydrolysis) is 2. The van der Waals surface area contributed by atoms with Gasteiger partial charge < -0.3 is 35.5 Å². The maximum atomic E-state index is 15.2. The van der Waals surface area contributed by atoms with Gasteiger partial charge >= 0.3 is 18.4 Å². The zero-order chi connectivity index (χ0) is 35.6. The van der Waals surface area contributed by atoms with E-state index in [0.29, 0.717) is 17.0 Å². The largest absolute Gasteiger partial charge is 0.453 e. The Morgan fingerprint density at radius 2 is 1.84 bits per heavy atom. The number of nitrogens with zero attached hydrogens (tertiary/aromatic N) is 1. The smallest absolute Gasteiger partial charge is 0.407 e. The van der Waals surface area contributed by atoms with Gasteiger partial charge in [0.15, 0.2) is 0 Å². The minimum atomic E-state index is -4.57. The van der Waals surface area contributed by atoms with E-state index in [1.54, 1.807) is 29.6 Å². The molecular formula is C32H33ClF5N5O6. The molecule has 0 aliphatic carbocycles. The molecule has 0 saturated carbocycles. The van der Waals surface area contributed by atoms with Gasteiger partial charge in [0.05, 0.1) is 32.1 Å². The molecule has 1 aromatic heterocycles. The number of methoxy groups -OCH3 is 1. The van der Waals surface area contributed by atoms with E-state index in [2.05, 4.69) is 20.9 Å². The molecule has 1 aliphatic rings. The van der Waals surface area contributed by atoms with E-state index in [4.69, 9.17) is 25.8 Å². The van der Waals surface area contributed by atoms with Crippen LogP contribution in [0.5, 0.6) is 0 Å². The van der Waals surface area contributed by atoms with Crippen molar-refractivity contribution in [2.24, 2.45) is 0 Å². The van der Waals surface area contributed by atoms with Crippen molar-refractivity contribution in [3.8, 4) is 0 Å². The van der Waals surface area contributed by atoms with Crippen molar-refractivity contribution >= 4 is 35.4 Å². The van der Waals surface area contributed by atoms with E-state index in [9.17, 15) is 31.9 Å². The van der Waals surface area contributed by atoms with Crippen molar-refractivity contribution in [3.05, 3.63) is 94.3 Å². The molecule has 2 heterocycles. The molecule has 1 fully saturated rings. The number of nitrogens with one attached hydrogen (secondary N) is 4. The van der Waals surface area contributed by atoms with Gasteiger partial charge in [-0.05, 0) is 54.3 Å². The molecule has 11 nitrogen and oxygen atoms in total. The molecule has 0 spiro atoms. The summed E-state index contributed by atoms with van der Waals surface area (Å²) in [4.78, 5) is 41.8. The Hall–Kier alpha value is -4.54. The van der Waals surface area contributed by atoms with Crippen LogP contribution in [0.3, 0.4) is 0 Å². The third-order valence-electron chi connectivity index (χ3n) is 7.50. The molecule has 4 atom stereocenters. The first kappa shape index (κ1) is 37.3. The monoisotopic (exact) mass is 713 g/mol. The Morgan fingerprint density at radius 3 is 2.49 bits per heavy atom. The Morgan fingerprint density at radius 1 is 1.08 bits per heavy atom. The lowest BCUT2D eigenvalue weighted by atomic mass is 9.85. The average molecular weight is 714 g/mol. The van der Waals surface area contributed by atoms with E-state index in [1.807, 2.05) is 0 Å². The zero-order valence-corrected chi connectivity index (χ0v) is 26.7. The molecule has 1 aliphatic heterocycles. The highest BCUT2D eigenvalue weighted by Gasteiger charge is 2.34. The van der Waals surface area contributed by atoms with Gasteiger partial charge in [-0.1, -0.05) is 29.8 Å². The van der Waals surface area contributed by atoms with Crippen LogP contribution in [-0.4, -0.2) is 80.9 Å². The molecule has 3 amide bonds. The van der Waals surface area contributed by atoms with Crippen molar-refractivity contribution in [1.29, 1.82) is 0 Å². The van der Waals surface area contributed by atoms with Crippen molar-refractivity contribution in [2.45, 2.75) is 43.1 Å².